The largest absolute Gasteiger partial charge is 0.497 e. The van der Waals surface area contributed by atoms with E-state index in [-0.39, 0.29) is 28.9 Å². The molecule has 1 N–H and O–H groups in total. The molecule has 0 bridgehead atoms. The Morgan fingerprint density at radius 2 is 1.72 bits per heavy atom. The first-order valence-electron chi connectivity index (χ1n) is 12.2. The molecule has 0 saturated carbocycles. The van der Waals surface area contributed by atoms with Crippen LogP contribution in [0, 0.1) is 0 Å². The van der Waals surface area contributed by atoms with Crippen LogP contribution in [0.3, 0.4) is 0 Å². The summed E-state index contributed by atoms with van der Waals surface area (Å²) >= 11 is 1.01. The summed E-state index contributed by atoms with van der Waals surface area (Å²) in [5.41, 5.74) is 2.02. The number of nitrogens with zero attached hydrogens (tertiary/aromatic N) is 2. The second-order valence-electron chi connectivity index (χ2n) is 8.36. The van der Waals surface area contributed by atoms with Gasteiger partial charge in [-0.1, -0.05) is 12.1 Å². The van der Waals surface area contributed by atoms with Gasteiger partial charge < -0.3 is 19.5 Å². The smallest absolute Gasteiger partial charge is 0.338 e. The van der Waals surface area contributed by atoms with Crippen LogP contribution in [0.1, 0.15) is 42.7 Å². The van der Waals surface area contributed by atoms with Crippen molar-refractivity contribution in [3.63, 3.8) is 0 Å². The number of rotatable bonds is 8. The monoisotopic (exact) mass is 549 g/mol. The van der Waals surface area contributed by atoms with Gasteiger partial charge in [-0.15, -0.1) is 0 Å². The highest BCUT2D eigenvalue weighted by atomic mass is 32.2. The minimum Gasteiger partial charge on any atom is -0.497 e. The number of ether oxygens (including phenoxy) is 3. The molecule has 2 aliphatic rings. The number of hydrogen-bond acceptors (Lipinski definition) is 9. The number of allylic oxidation sites excluding steroid dienone is 1. The van der Waals surface area contributed by atoms with Crippen LogP contribution in [0.2, 0.25) is 0 Å². The number of carbonyl (C=O) groups excluding carboxylic acids is 4. The van der Waals surface area contributed by atoms with Crippen molar-refractivity contribution in [2.24, 2.45) is 4.99 Å². The molecule has 202 valence electrons. The number of amidine groups is 1. The van der Waals surface area contributed by atoms with Gasteiger partial charge in [0, 0.05) is 11.8 Å². The molecule has 2 aromatic carbocycles. The number of benzene rings is 2. The Morgan fingerprint density at radius 3 is 2.38 bits per heavy atom. The number of aliphatic imine (C=N–C) groups is 1. The molecular weight excluding hydrogens is 522 g/mol. The van der Waals surface area contributed by atoms with Crippen molar-refractivity contribution in [1.82, 2.24) is 4.90 Å². The molecule has 0 fully saturated rings. The van der Waals surface area contributed by atoms with Crippen molar-refractivity contribution in [2.45, 2.75) is 26.8 Å². The van der Waals surface area contributed by atoms with Crippen LogP contribution in [0.5, 0.6) is 5.75 Å². The first kappa shape index (κ1) is 27.6. The topological polar surface area (TPSA) is 124 Å². The SMILES string of the molecule is CCOC(=O)C1=C(C)N=C2SC(C(=O)Nc3ccc(C(=O)OCC)cc3)=CC(=O)N2C1c1cccc(OC)c1. The summed E-state index contributed by atoms with van der Waals surface area (Å²) in [4.78, 5) is 57.4. The minimum atomic E-state index is -0.831. The zero-order valence-corrected chi connectivity index (χ0v) is 22.7. The molecule has 2 aromatic rings. The van der Waals surface area contributed by atoms with Gasteiger partial charge in [0.1, 0.15) is 5.75 Å². The van der Waals surface area contributed by atoms with E-state index >= 15 is 0 Å². The van der Waals surface area contributed by atoms with Gasteiger partial charge in [0.25, 0.3) is 11.8 Å². The van der Waals surface area contributed by atoms with Crippen LogP contribution >= 0.6 is 11.8 Å². The Balaban J connectivity index is 1.64. The van der Waals surface area contributed by atoms with Crippen LogP contribution in [0.15, 0.2) is 75.8 Å². The fourth-order valence-corrected chi connectivity index (χ4v) is 5.08. The number of thioether (sulfide) groups is 1. The van der Waals surface area contributed by atoms with Crippen LogP contribution in [-0.4, -0.2) is 54.1 Å². The molecule has 0 spiro atoms. The van der Waals surface area contributed by atoms with Crippen LogP contribution < -0.4 is 10.1 Å². The summed E-state index contributed by atoms with van der Waals surface area (Å²) in [6.07, 6.45) is 1.21. The normalized spacial score (nSPS) is 16.6. The summed E-state index contributed by atoms with van der Waals surface area (Å²) < 4.78 is 15.6. The lowest BCUT2D eigenvalue weighted by Crippen LogP contribution is -2.45. The number of fused-ring (bicyclic) bond motifs is 1. The van der Waals surface area contributed by atoms with Gasteiger partial charge in [-0.2, -0.15) is 0 Å². The maximum Gasteiger partial charge on any atom is 0.338 e. The summed E-state index contributed by atoms with van der Waals surface area (Å²) in [5, 5.41) is 2.98. The Bertz CT molecular complexity index is 1410. The van der Waals surface area contributed by atoms with E-state index in [9.17, 15) is 19.2 Å². The second kappa shape index (κ2) is 12.0. The van der Waals surface area contributed by atoms with E-state index in [1.54, 1.807) is 57.2 Å². The first-order chi connectivity index (χ1) is 18.8. The van der Waals surface area contributed by atoms with Crippen LogP contribution in [0.25, 0.3) is 0 Å². The minimum absolute atomic E-state index is 0.126. The fourth-order valence-electron chi connectivity index (χ4n) is 4.10. The van der Waals surface area contributed by atoms with Crippen molar-refractivity contribution < 1.29 is 33.4 Å². The molecule has 0 saturated heterocycles. The predicted molar refractivity (Wildman–Crippen MR) is 146 cm³/mol. The highest BCUT2D eigenvalue weighted by Gasteiger charge is 2.42. The third-order valence-corrected chi connectivity index (χ3v) is 6.86. The van der Waals surface area contributed by atoms with Crippen LogP contribution in [-0.2, 0) is 23.9 Å². The number of methoxy groups -OCH3 is 1. The maximum absolute atomic E-state index is 13.5. The molecule has 1 unspecified atom stereocenters. The Morgan fingerprint density at radius 1 is 1.03 bits per heavy atom. The van der Waals surface area contributed by atoms with Crippen molar-refractivity contribution in [3.8, 4) is 5.75 Å². The molecular formula is C28H27N3O7S. The molecule has 2 heterocycles. The average Bonchev–Trinajstić information content (AvgIpc) is 2.92. The molecule has 0 aromatic heterocycles. The highest BCUT2D eigenvalue weighted by Crippen LogP contribution is 2.42. The fraction of sp³-hybridized carbons (Fsp3) is 0.250. The average molecular weight is 550 g/mol. The van der Waals surface area contributed by atoms with Crippen molar-refractivity contribution in [3.05, 3.63) is 81.9 Å². The van der Waals surface area contributed by atoms with E-state index in [1.165, 1.54) is 30.2 Å². The van der Waals surface area contributed by atoms with Crippen molar-refractivity contribution in [2.75, 3.05) is 25.6 Å². The molecule has 39 heavy (non-hydrogen) atoms. The molecule has 0 aliphatic carbocycles. The zero-order chi connectivity index (χ0) is 28.1. The molecule has 0 radical (unpaired) electrons. The molecule has 1 atom stereocenters. The highest BCUT2D eigenvalue weighted by molar-refractivity contribution is 8.18. The quantitative estimate of drug-likeness (QED) is 0.486. The van der Waals surface area contributed by atoms with E-state index in [0.29, 0.717) is 28.3 Å². The van der Waals surface area contributed by atoms with Gasteiger partial charge in [-0.25, -0.2) is 14.6 Å². The summed E-state index contributed by atoms with van der Waals surface area (Å²) in [5.74, 6) is -1.52. The standard InChI is InChI=1S/C28H27N3O7S/c1-5-37-26(34)17-10-12-19(13-11-17)30-25(33)21-15-22(32)31-24(18-8-7-9-20(14-18)36-4)23(27(35)38-6-2)16(3)29-28(31)39-21/h7-15,24H,5-6H2,1-4H3,(H,30,33). The van der Waals surface area contributed by atoms with Crippen molar-refractivity contribution in [1.29, 1.82) is 0 Å². The van der Waals surface area contributed by atoms with E-state index in [1.807, 2.05) is 0 Å². The number of carbonyl (C=O) groups is 4. The number of esters is 2. The molecule has 2 amide bonds. The Kier molecular flexibility index (Phi) is 8.50. The van der Waals surface area contributed by atoms with Gasteiger partial charge in [0.2, 0.25) is 0 Å². The molecule has 11 heteroatoms. The zero-order valence-electron chi connectivity index (χ0n) is 21.8. The number of amides is 2. The van der Waals surface area contributed by atoms with Gasteiger partial charge in [-0.05, 0) is 74.5 Å². The maximum atomic E-state index is 13.5. The number of anilines is 1. The van der Waals surface area contributed by atoms with Crippen LogP contribution in [0.4, 0.5) is 5.69 Å². The van der Waals surface area contributed by atoms with E-state index < -0.39 is 29.8 Å². The molecule has 4 rings (SSSR count). The first-order valence-corrected chi connectivity index (χ1v) is 13.0. The third kappa shape index (κ3) is 5.88. The lowest BCUT2D eigenvalue weighted by molar-refractivity contribution is -0.139. The van der Waals surface area contributed by atoms with E-state index in [0.717, 1.165) is 11.8 Å². The predicted octanol–water partition coefficient (Wildman–Crippen LogP) is 4.22. The number of hydrogen-bond donors (Lipinski definition) is 1. The van der Waals surface area contributed by atoms with Crippen molar-refractivity contribution >= 4 is 46.4 Å². The Hall–Kier alpha value is -4.38. The Labute approximate surface area is 229 Å². The second-order valence-corrected chi connectivity index (χ2v) is 9.37. The van der Waals surface area contributed by atoms with Gasteiger partial charge in [-0.3, -0.25) is 14.5 Å². The van der Waals surface area contributed by atoms with E-state index in [2.05, 4.69) is 10.3 Å². The summed E-state index contributed by atoms with van der Waals surface area (Å²) in [7, 11) is 1.53. The molecule has 2 aliphatic heterocycles. The number of nitrogens with one attached hydrogen (secondary N) is 1. The lowest BCUT2D eigenvalue weighted by atomic mass is 9.94. The van der Waals surface area contributed by atoms with E-state index in [4.69, 9.17) is 14.2 Å². The summed E-state index contributed by atoms with van der Waals surface area (Å²) in [6.45, 7) is 5.50. The van der Waals surface area contributed by atoms with Gasteiger partial charge >= 0.3 is 11.9 Å². The third-order valence-electron chi connectivity index (χ3n) is 5.87. The molecule has 10 nitrogen and oxygen atoms in total. The lowest BCUT2D eigenvalue weighted by Gasteiger charge is -2.38. The van der Waals surface area contributed by atoms with Gasteiger partial charge in [0.05, 0.1) is 48.1 Å². The van der Waals surface area contributed by atoms with Gasteiger partial charge in [0.15, 0.2) is 5.17 Å². The summed E-state index contributed by atoms with van der Waals surface area (Å²) in [6, 6.07) is 12.4.